The number of thiazole rings is 1. The van der Waals surface area contributed by atoms with Crippen molar-refractivity contribution in [3.05, 3.63) is 34.8 Å². The first kappa shape index (κ1) is 14.5. The molecule has 5 heteroatoms. The van der Waals surface area contributed by atoms with Crippen molar-refractivity contribution in [1.29, 1.82) is 0 Å². The highest BCUT2D eigenvalue weighted by Gasteiger charge is 2.28. The lowest BCUT2D eigenvalue weighted by Crippen LogP contribution is -2.16. The van der Waals surface area contributed by atoms with E-state index < -0.39 is 0 Å². The molecule has 106 valence electrons. The fraction of sp³-hybridized carbons (Fsp3) is 0.333. The zero-order valence-electron chi connectivity index (χ0n) is 12.1. The molecule has 0 aliphatic rings. The molecule has 1 heterocycles. The molecule has 0 spiro atoms. The molecule has 0 radical (unpaired) electrons. The van der Waals surface area contributed by atoms with Crippen LogP contribution in [0.4, 0.5) is 5.69 Å². The highest BCUT2D eigenvalue weighted by atomic mass is 32.1. The van der Waals surface area contributed by atoms with Gasteiger partial charge in [-0.15, -0.1) is 11.3 Å². The number of hydrogen-bond acceptors (Lipinski definition) is 5. The number of methoxy groups -OCH3 is 1. The highest BCUT2D eigenvalue weighted by molar-refractivity contribution is 7.17. The maximum absolute atomic E-state index is 11.9. The Balaban J connectivity index is 2.57. The summed E-state index contributed by atoms with van der Waals surface area (Å²) in [6.45, 7) is 6.08. The molecule has 2 rings (SSSR count). The Kier molecular flexibility index (Phi) is 3.81. The molecule has 0 saturated carbocycles. The number of nitrogens with two attached hydrogens (primary N) is 1. The molecule has 2 aromatic rings. The quantitative estimate of drug-likeness (QED) is 0.679. The molecule has 0 aliphatic carbocycles. The van der Waals surface area contributed by atoms with E-state index in [0.717, 1.165) is 16.3 Å². The first-order valence-corrected chi connectivity index (χ1v) is 7.10. The molecule has 0 amide bonds. The van der Waals surface area contributed by atoms with E-state index in [2.05, 4.69) is 4.98 Å². The number of aromatic nitrogens is 1. The van der Waals surface area contributed by atoms with Gasteiger partial charge in [-0.25, -0.2) is 9.78 Å². The number of carbonyl (C=O) groups is 1. The second-order valence-corrected chi connectivity index (χ2v) is 6.56. The van der Waals surface area contributed by atoms with Crippen LogP contribution >= 0.6 is 11.3 Å². The number of anilines is 1. The maximum Gasteiger partial charge on any atom is 0.350 e. The molecule has 0 saturated heterocycles. The minimum absolute atomic E-state index is 0.224. The Morgan fingerprint density at radius 2 is 2.05 bits per heavy atom. The zero-order valence-corrected chi connectivity index (χ0v) is 12.9. The predicted octanol–water partition coefficient (Wildman–Crippen LogP) is 3.48. The van der Waals surface area contributed by atoms with E-state index in [0.29, 0.717) is 10.6 Å². The van der Waals surface area contributed by atoms with Gasteiger partial charge >= 0.3 is 5.97 Å². The smallest absolute Gasteiger partial charge is 0.350 e. The Morgan fingerprint density at radius 1 is 1.35 bits per heavy atom. The number of ether oxygens (including phenoxy) is 1. The third-order valence-corrected chi connectivity index (χ3v) is 3.93. The van der Waals surface area contributed by atoms with Gasteiger partial charge in [0.25, 0.3) is 0 Å². The van der Waals surface area contributed by atoms with Gasteiger partial charge in [-0.05, 0) is 12.1 Å². The predicted molar refractivity (Wildman–Crippen MR) is 82.0 cm³/mol. The van der Waals surface area contributed by atoms with Gasteiger partial charge in [-0.1, -0.05) is 32.9 Å². The van der Waals surface area contributed by atoms with Crippen LogP contribution in [0.2, 0.25) is 0 Å². The minimum atomic E-state index is -0.345. The van der Waals surface area contributed by atoms with Crippen molar-refractivity contribution in [3.8, 4) is 10.6 Å². The van der Waals surface area contributed by atoms with Crippen molar-refractivity contribution in [1.82, 2.24) is 4.98 Å². The van der Waals surface area contributed by atoms with E-state index in [1.165, 1.54) is 18.4 Å². The van der Waals surface area contributed by atoms with Crippen molar-refractivity contribution in [2.75, 3.05) is 12.8 Å². The number of benzene rings is 1. The van der Waals surface area contributed by atoms with Gasteiger partial charge in [0.2, 0.25) is 0 Å². The summed E-state index contributed by atoms with van der Waals surface area (Å²) in [5.74, 6) is -0.345. The van der Waals surface area contributed by atoms with E-state index in [-0.39, 0.29) is 11.4 Å². The summed E-state index contributed by atoms with van der Waals surface area (Å²) in [7, 11) is 1.38. The molecule has 1 aromatic carbocycles. The number of nitrogen functional groups attached to an aromatic ring is 1. The van der Waals surface area contributed by atoms with Gasteiger partial charge in [0.05, 0.1) is 12.8 Å². The summed E-state index contributed by atoms with van der Waals surface area (Å²) in [5, 5.41) is 0.780. The lowest BCUT2D eigenvalue weighted by Gasteiger charge is -2.16. The van der Waals surface area contributed by atoms with Gasteiger partial charge < -0.3 is 10.5 Å². The molecule has 4 nitrogen and oxygen atoms in total. The number of hydrogen-bond donors (Lipinski definition) is 1. The summed E-state index contributed by atoms with van der Waals surface area (Å²) in [5.41, 5.74) is 7.92. The molecule has 0 bridgehead atoms. The molecule has 0 unspecified atom stereocenters. The lowest BCUT2D eigenvalue weighted by atomic mass is 9.91. The second kappa shape index (κ2) is 5.25. The van der Waals surface area contributed by atoms with Crippen LogP contribution in [0, 0.1) is 0 Å². The average molecular weight is 290 g/mol. The lowest BCUT2D eigenvalue weighted by molar-refractivity contribution is 0.0603. The van der Waals surface area contributed by atoms with Gasteiger partial charge in [0, 0.05) is 16.7 Å². The van der Waals surface area contributed by atoms with Crippen molar-refractivity contribution in [2.24, 2.45) is 0 Å². The number of nitrogens with zero attached hydrogens (tertiary/aromatic N) is 1. The normalized spacial score (nSPS) is 11.4. The number of carbonyl (C=O) groups excluding carboxylic acids is 1. The molecule has 0 fully saturated rings. The molecule has 2 N–H and O–H groups in total. The Hall–Kier alpha value is -1.88. The van der Waals surface area contributed by atoms with Crippen molar-refractivity contribution in [2.45, 2.75) is 26.2 Å². The largest absolute Gasteiger partial charge is 0.465 e. The van der Waals surface area contributed by atoms with Gasteiger partial charge in [0.15, 0.2) is 0 Å². The summed E-state index contributed by atoms with van der Waals surface area (Å²) in [6, 6.07) is 7.48. The van der Waals surface area contributed by atoms with Crippen LogP contribution < -0.4 is 5.73 Å². The standard InChI is InChI=1S/C15H18N2O2S/c1-15(2,3)12-11(14(18)19-4)20-13(17-12)9-6-5-7-10(16)8-9/h5-8H,16H2,1-4H3. The molecule has 20 heavy (non-hydrogen) atoms. The second-order valence-electron chi connectivity index (χ2n) is 5.56. The first-order chi connectivity index (χ1) is 9.32. The average Bonchev–Trinajstić information content (AvgIpc) is 2.82. The summed E-state index contributed by atoms with van der Waals surface area (Å²) < 4.78 is 4.85. The third-order valence-electron chi connectivity index (χ3n) is 2.84. The van der Waals surface area contributed by atoms with Crippen molar-refractivity contribution < 1.29 is 9.53 Å². The SMILES string of the molecule is COC(=O)c1sc(-c2cccc(N)c2)nc1C(C)(C)C. The Labute approximate surface area is 122 Å². The van der Waals surface area contributed by atoms with Crippen LogP contribution in [-0.2, 0) is 10.2 Å². The van der Waals surface area contributed by atoms with E-state index >= 15 is 0 Å². The maximum atomic E-state index is 11.9. The fourth-order valence-corrected chi connectivity index (χ4v) is 3.04. The fourth-order valence-electron chi connectivity index (χ4n) is 1.85. The Morgan fingerprint density at radius 3 is 2.60 bits per heavy atom. The highest BCUT2D eigenvalue weighted by Crippen LogP contribution is 2.35. The van der Waals surface area contributed by atoms with Crippen LogP contribution in [0.5, 0.6) is 0 Å². The minimum Gasteiger partial charge on any atom is -0.465 e. The zero-order chi connectivity index (χ0) is 14.9. The summed E-state index contributed by atoms with van der Waals surface area (Å²) in [6.07, 6.45) is 0. The van der Waals surface area contributed by atoms with Crippen LogP contribution in [-0.4, -0.2) is 18.1 Å². The van der Waals surface area contributed by atoms with Gasteiger partial charge in [-0.3, -0.25) is 0 Å². The topological polar surface area (TPSA) is 65.2 Å². The molecular formula is C15H18N2O2S. The molecule has 1 aromatic heterocycles. The first-order valence-electron chi connectivity index (χ1n) is 6.28. The van der Waals surface area contributed by atoms with Crippen molar-refractivity contribution >= 4 is 23.0 Å². The summed E-state index contributed by atoms with van der Waals surface area (Å²) >= 11 is 1.34. The number of esters is 1. The van der Waals surface area contributed by atoms with Crippen LogP contribution in [0.1, 0.15) is 36.1 Å². The van der Waals surface area contributed by atoms with Gasteiger partial charge in [-0.2, -0.15) is 0 Å². The van der Waals surface area contributed by atoms with E-state index in [4.69, 9.17) is 10.5 Å². The van der Waals surface area contributed by atoms with Crippen LogP contribution in [0.3, 0.4) is 0 Å². The van der Waals surface area contributed by atoms with Crippen LogP contribution in [0.15, 0.2) is 24.3 Å². The number of rotatable bonds is 2. The van der Waals surface area contributed by atoms with E-state index in [1.807, 2.05) is 45.0 Å². The van der Waals surface area contributed by atoms with Crippen molar-refractivity contribution in [3.63, 3.8) is 0 Å². The van der Waals surface area contributed by atoms with E-state index in [9.17, 15) is 4.79 Å². The molecule has 0 atom stereocenters. The van der Waals surface area contributed by atoms with Crippen LogP contribution in [0.25, 0.3) is 10.6 Å². The summed E-state index contributed by atoms with van der Waals surface area (Å²) in [4.78, 5) is 17.1. The Bertz CT molecular complexity index is 642. The van der Waals surface area contributed by atoms with Gasteiger partial charge in [0.1, 0.15) is 9.88 Å². The third kappa shape index (κ3) is 2.82. The van der Waals surface area contributed by atoms with E-state index in [1.54, 1.807) is 0 Å². The monoisotopic (exact) mass is 290 g/mol. The molecule has 0 aliphatic heterocycles. The molecular weight excluding hydrogens is 272 g/mol.